The van der Waals surface area contributed by atoms with Gasteiger partial charge in [0.25, 0.3) is 0 Å². The molecule has 0 aromatic heterocycles. The highest BCUT2D eigenvalue weighted by Crippen LogP contribution is 2.24. The summed E-state index contributed by atoms with van der Waals surface area (Å²) in [4.78, 5) is 2.33. The molecule has 0 unspecified atom stereocenters. The maximum Gasteiger partial charge on any atom is 0.573 e. The second kappa shape index (κ2) is 5.82. The van der Waals surface area contributed by atoms with Crippen molar-refractivity contribution < 1.29 is 17.9 Å². The number of rotatable bonds is 3. The van der Waals surface area contributed by atoms with Crippen LogP contribution in [0.3, 0.4) is 0 Å². The lowest BCUT2D eigenvalue weighted by Crippen LogP contribution is -2.32. The summed E-state index contributed by atoms with van der Waals surface area (Å²) in [5, 5.41) is 0. The maximum atomic E-state index is 12.0. The van der Waals surface area contributed by atoms with Gasteiger partial charge < -0.3 is 4.74 Å². The summed E-state index contributed by atoms with van der Waals surface area (Å²) >= 11 is 0. The summed E-state index contributed by atoms with van der Waals surface area (Å²) in [6.45, 7) is 5.16. The van der Waals surface area contributed by atoms with Crippen LogP contribution in [0.15, 0.2) is 24.3 Å². The molecule has 106 valence electrons. The lowest BCUT2D eigenvalue weighted by Gasteiger charge is -2.30. The number of hydrogen-bond donors (Lipinski definition) is 0. The SMILES string of the molecule is CC1CCN(Cc2ccc(OC(F)(F)F)cc2)CC1. The molecular formula is C14H18F3NO. The third-order valence-corrected chi connectivity index (χ3v) is 3.44. The Morgan fingerprint density at radius 2 is 1.74 bits per heavy atom. The molecule has 1 aromatic rings. The fraction of sp³-hybridized carbons (Fsp3) is 0.571. The first-order valence-corrected chi connectivity index (χ1v) is 6.49. The summed E-state index contributed by atoms with van der Waals surface area (Å²) in [7, 11) is 0. The number of alkyl halides is 3. The third-order valence-electron chi connectivity index (χ3n) is 3.44. The zero-order valence-electron chi connectivity index (χ0n) is 10.9. The predicted molar refractivity (Wildman–Crippen MR) is 66.8 cm³/mol. The van der Waals surface area contributed by atoms with Gasteiger partial charge in [0.1, 0.15) is 5.75 Å². The normalized spacial score (nSPS) is 18.5. The summed E-state index contributed by atoms with van der Waals surface area (Å²) in [6, 6.07) is 6.13. The van der Waals surface area contributed by atoms with Gasteiger partial charge >= 0.3 is 6.36 Å². The van der Waals surface area contributed by atoms with E-state index in [9.17, 15) is 13.2 Å². The van der Waals surface area contributed by atoms with Gasteiger partial charge in [-0.15, -0.1) is 13.2 Å². The first kappa shape index (κ1) is 14.2. The van der Waals surface area contributed by atoms with Crippen molar-refractivity contribution >= 4 is 0 Å². The largest absolute Gasteiger partial charge is 0.573 e. The molecule has 1 heterocycles. The molecule has 0 bridgehead atoms. The quantitative estimate of drug-likeness (QED) is 0.830. The van der Waals surface area contributed by atoms with Crippen molar-refractivity contribution in [1.29, 1.82) is 0 Å². The molecule has 1 aromatic carbocycles. The van der Waals surface area contributed by atoms with E-state index in [1.165, 1.54) is 25.0 Å². The van der Waals surface area contributed by atoms with Gasteiger partial charge in [-0.3, -0.25) is 4.90 Å². The molecule has 1 aliphatic rings. The zero-order chi connectivity index (χ0) is 13.9. The van der Waals surface area contributed by atoms with Crippen LogP contribution in [0.25, 0.3) is 0 Å². The number of hydrogen-bond acceptors (Lipinski definition) is 2. The van der Waals surface area contributed by atoms with Crippen molar-refractivity contribution in [3.05, 3.63) is 29.8 Å². The minimum Gasteiger partial charge on any atom is -0.406 e. The van der Waals surface area contributed by atoms with Gasteiger partial charge in [0.15, 0.2) is 0 Å². The minimum atomic E-state index is -4.62. The smallest absolute Gasteiger partial charge is 0.406 e. The Balaban J connectivity index is 1.88. The van der Waals surface area contributed by atoms with E-state index in [-0.39, 0.29) is 5.75 Å². The average Bonchev–Trinajstić information content (AvgIpc) is 2.33. The molecule has 0 N–H and O–H groups in total. The van der Waals surface area contributed by atoms with Crippen LogP contribution in [0, 0.1) is 5.92 Å². The van der Waals surface area contributed by atoms with Gasteiger partial charge in [-0.25, -0.2) is 0 Å². The van der Waals surface area contributed by atoms with Crippen LogP contribution in [-0.2, 0) is 6.54 Å². The monoisotopic (exact) mass is 273 g/mol. The first-order valence-electron chi connectivity index (χ1n) is 6.49. The highest BCUT2D eigenvalue weighted by molar-refractivity contribution is 5.27. The molecule has 0 aliphatic carbocycles. The molecule has 0 radical (unpaired) electrons. The molecule has 2 nitrogen and oxygen atoms in total. The van der Waals surface area contributed by atoms with E-state index in [2.05, 4.69) is 16.6 Å². The zero-order valence-corrected chi connectivity index (χ0v) is 10.9. The van der Waals surface area contributed by atoms with E-state index < -0.39 is 6.36 Å². The molecule has 5 heteroatoms. The summed E-state index contributed by atoms with van der Waals surface area (Å²) < 4.78 is 39.9. The average molecular weight is 273 g/mol. The van der Waals surface area contributed by atoms with Crippen molar-refractivity contribution in [1.82, 2.24) is 4.90 Å². The molecule has 1 saturated heterocycles. The number of halogens is 3. The molecule has 0 atom stereocenters. The Hall–Kier alpha value is -1.23. The molecule has 0 spiro atoms. The maximum absolute atomic E-state index is 12.0. The van der Waals surface area contributed by atoms with E-state index in [4.69, 9.17) is 0 Å². The fourth-order valence-corrected chi connectivity index (χ4v) is 2.27. The van der Waals surface area contributed by atoms with E-state index in [0.29, 0.717) is 0 Å². The van der Waals surface area contributed by atoms with Crippen molar-refractivity contribution in [3.63, 3.8) is 0 Å². The lowest BCUT2D eigenvalue weighted by atomic mass is 9.99. The van der Waals surface area contributed by atoms with Crippen molar-refractivity contribution in [2.24, 2.45) is 5.92 Å². The molecule has 0 amide bonds. The van der Waals surface area contributed by atoms with Crippen LogP contribution in [0.4, 0.5) is 13.2 Å². The van der Waals surface area contributed by atoms with Crippen molar-refractivity contribution in [3.8, 4) is 5.75 Å². The molecule has 1 aliphatic heterocycles. The Morgan fingerprint density at radius 3 is 2.26 bits per heavy atom. The molecular weight excluding hydrogens is 255 g/mol. The van der Waals surface area contributed by atoms with E-state index >= 15 is 0 Å². The van der Waals surface area contributed by atoms with E-state index in [0.717, 1.165) is 31.1 Å². The van der Waals surface area contributed by atoms with E-state index in [1.807, 2.05) is 0 Å². The summed E-state index contributed by atoms with van der Waals surface area (Å²) in [5.41, 5.74) is 1.02. The summed E-state index contributed by atoms with van der Waals surface area (Å²) in [6.07, 6.45) is -2.24. The second-order valence-corrected chi connectivity index (χ2v) is 5.15. The van der Waals surface area contributed by atoms with Gasteiger partial charge in [-0.05, 0) is 49.5 Å². The van der Waals surface area contributed by atoms with Crippen LogP contribution in [0.5, 0.6) is 5.75 Å². The Bertz CT molecular complexity index is 394. The second-order valence-electron chi connectivity index (χ2n) is 5.15. The molecule has 1 fully saturated rings. The fourth-order valence-electron chi connectivity index (χ4n) is 2.27. The highest BCUT2D eigenvalue weighted by atomic mass is 19.4. The standard InChI is InChI=1S/C14H18F3NO/c1-11-6-8-18(9-7-11)10-12-2-4-13(5-3-12)19-14(15,16)17/h2-5,11H,6-10H2,1H3. The van der Waals surface area contributed by atoms with Crippen LogP contribution >= 0.6 is 0 Å². The lowest BCUT2D eigenvalue weighted by molar-refractivity contribution is -0.274. The highest BCUT2D eigenvalue weighted by Gasteiger charge is 2.30. The van der Waals surface area contributed by atoms with Crippen molar-refractivity contribution in [2.45, 2.75) is 32.7 Å². The van der Waals surface area contributed by atoms with Crippen LogP contribution in [0.2, 0.25) is 0 Å². The minimum absolute atomic E-state index is 0.163. The number of nitrogens with zero attached hydrogens (tertiary/aromatic N) is 1. The van der Waals surface area contributed by atoms with Gasteiger partial charge in [0.2, 0.25) is 0 Å². The van der Waals surface area contributed by atoms with Crippen molar-refractivity contribution in [2.75, 3.05) is 13.1 Å². The number of ether oxygens (including phenoxy) is 1. The number of benzene rings is 1. The van der Waals surface area contributed by atoms with Gasteiger partial charge in [0, 0.05) is 6.54 Å². The van der Waals surface area contributed by atoms with Crippen LogP contribution in [-0.4, -0.2) is 24.4 Å². The summed E-state index contributed by atoms with van der Waals surface area (Å²) in [5.74, 6) is 0.613. The Morgan fingerprint density at radius 1 is 1.16 bits per heavy atom. The molecule has 0 saturated carbocycles. The number of piperidine rings is 1. The molecule has 2 rings (SSSR count). The first-order chi connectivity index (χ1) is 8.92. The predicted octanol–water partition coefficient (Wildman–Crippen LogP) is 3.82. The van der Waals surface area contributed by atoms with Crippen LogP contribution < -0.4 is 4.74 Å². The topological polar surface area (TPSA) is 12.5 Å². The van der Waals surface area contributed by atoms with Gasteiger partial charge in [-0.2, -0.15) is 0 Å². The Kier molecular flexibility index (Phi) is 4.34. The third kappa shape index (κ3) is 4.74. The van der Waals surface area contributed by atoms with E-state index in [1.54, 1.807) is 12.1 Å². The number of likely N-dealkylation sites (tertiary alicyclic amines) is 1. The Labute approximate surface area is 111 Å². The van der Waals surface area contributed by atoms with Gasteiger partial charge in [0.05, 0.1) is 0 Å². The van der Waals surface area contributed by atoms with Crippen LogP contribution in [0.1, 0.15) is 25.3 Å². The molecule has 19 heavy (non-hydrogen) atoms. The van der Waals surface area contributed by atoms with Gasteiger partial charge in [-0.1, -0.05) is 19.1 Å².